The predicted molar refractivity (Wildman–Crippen MR) is 75.2 cm³/mol. The zero-order valence-electron chi connectivity index (χ0n) is 10.9. The highest BCUT2D eigenvalue weighted by Gasteiger charge is 2.27. The summed E-state index contributed by atoms with van der Waals surface area (Å²) in [4.78, 5) is 11.0. The van der Waals surface area contributed by atoms with Crippen LogP contribution in [0, 0.1) is 0 Å². The molecule has 0 aliphatic heterocycles. The van der Waals surface area contributed by atoms with Crippen molar-refractivity contribution in [1.82, 2.24) is 0 Å². The molecule has 0 atom stereocenters. The number of carbonyl (C=O) groups excluding carboxylic acids is 1. The van der Waals surface area contributed by atoms with Crippen molar-refractivity contribution >= 4 is 5.78 Å². The third kappa shape index (κ3) is 2.20. The average molecular weight is 252 g/mol. The maximum atomic E-state index is 11.0. The first-order chi connectivity index (χ1) is 9.27. The molecular weight excluding hydrogens is 236 g/mol. The number of benzene rings is 2. The zero-order valence-corrected chi connectivity index (χ0v) is 10.9. The maximum Gasteiger partial charge on any atom is 0.155 e. The van der Waals surface area contributed by atoms with E-state index in [2.05, 4.69) is 48.5 Å². The van der Waals surface area contributed by atoms with Gasteiger partial charge in [-0.25, -0.2) is 0 Å². The summed E-state index contributed by atoms with van der Waals surface area (Å²) < 4.78 is 5.54. The van der Waals surface area contributed by atoms with Gasteiger partial charge < -0.3 is 4.74 Å². The normalized spacial score (nSPS) is 13.1. The summed E-state index contributed by atoms with van der Waals surface area (Å²) in [6.07, 6.45) is 0. The van der Waals surface area contributed by atoms with Gasteiger partial charge in [-0.3, -0.25) is 4.79 Å². The molecule has 0 saturated carbocycles. The molecule has 0 bridgehead atoms. The van der Waals surface area contributed by atoms with Crippen molar-refractivity contribution in [1.29, 1.82) is 0 Å². The van der Waals surface area contributed by atoms with Crippen molar-refractivity contribution in [2.24, 2.45) is 0 Å². The smallest absolute Gasteiger partial charge is 0.155 e. The van der Waals surface area contributed by atoms with Gasteiger partial charge in [0.1, 0.15) is 6.61 Å². The van der Waals surface area contributed by atoms with Crippen LogP contribution >= 0.6 is 0 Å². The molecule has 0 N–H and O–H groups in total. The maximum absolute atomic E-state index is 11.0. The van der Waals surface area contributed by atoms with Crippen molar-refractivity contribution < 1.29 is 9.53 Å². The Labute approximate surface area is 113 Å². The first-order valence-electron chi connectivity index (χ1n) is 6.53. The molecule has 2 aromatic rings. The molecule has 3 rings (SSSR count). The molecule has 2 nitrogen and oxygen atoms in total. The molecule has 0 unspecified atom stereocenters. The molecular formula is C17H16O2. The van der Waals surface area contributed by atoms with Crippen molar-refractivity contribution in [3.8, 4) is 11.1 Å². The number of rotatable bonds is 4. The minimum Gasteiger partial charge on any atom is -0.373 e. The second kappa shape index (κ2) is 4.98. The van der Waals surface area contributed by atoms with Crippen molar-refractivity contribution in [2.45, 2.75) is 12.8 Å². The molecule has 2 aromatic carbocycles. The van der Waals surface area contributed by atoms with Crippen LogP contribution in [0.5, 0.6) is 0 Å². The van der Waals surface area contributed by atoms with E-state index in [0.29, 0.717) is 6.61 Å². The molecule has 0 amide bonds. The molecule has 2 heteroatoms. The number of ketones is 1. The minimum atomic E-state index is 0.0690. The third-order valence-corrected chi connectivity index (χ3v) is 3.55. The van der Waals surface area contributed by atoms with E-state index in [4.69, 9.17) is 4.74 Å². The van der Waals surface area contributed by atoms with Crippen molar-refractivity contribution in [3.05, 3.63) is 59.7 Å². The summed E-state index contributed by atoms with van der Waals surface area (Å²) in [6, 6.07) is 16.8. The zero-order chi connectivity index (χ0) is 13.2. The summed E-state index contributed by atoms with van der Waals surface area (Å²) in [6.45, 7) is 2.31. The van der Waals surface area contributed by atoms with E-state index >= 15 is 0 Å². The average Bonchev–Trinajstić information content (AvgIpc) is 2.74. The topological polar surface area (TPSA) is 26.3 Å². The number of ether oxygens (including phenoxy) is 1. The van der Waals surface area contributed by atoms with Crippen LogP contribution in [0.3, 0.4) is 0 Å². The highest BCUT2D eigenvalue weighted by atomic mass is 16.5. The fourth-order valence-electron chi connectivity index (χ4n) is 2.76. The highest BCUT2D eigenvalue weighted by molar-refractivity contribution is 5.79. The summed E-state index contributed by atoms with van der Waals surface area (Å²) in [5.41, 5.74) is 5.17. The Morgan fingerprint density at radius 2 is 1.53 bits per heavy atom. The molecule has 96 valence electrons. The van der Waals surface area contributed by atoms with E-state index in [9.17, 15) is 4.79 Å². The van der Waals surface area contributed by atoms with E-state index in [1.54, 1.807) is 6.92 Å². The highest BCUT2D eigenvalue weighted by Crippen LogP contribution is 2.44. The third-order valence-electron chi connectivity index (χ3n) is 3.55. The number of carbonyl (C=O) groups is 1. The summed E-state index contributed by atoms with van der Waals surface area (Å²) in [5, 5.41) is 0. The van der Waals surface area contributed by atoms with Crippen LogP contribution in [0.15, 0.2) is 48.5 Å². The van der Waals surface area contributed by atoms with Gasteiger partial charge in [0.2, 0.25) is 0 Å². The van der Waals surface area contributed by atoms with Crippen LogP contribution in [0.2, 0.25) is 0 Å². The van der Waals surface area contributed by atoms with Crippen LogP contribution < -0.4 is 0 Å². The van der Waals surface area contributed by atoms with Gasteiger partial charge in [-0.2, -0.15) is 0 Å². The molecule has 1 aliphatic rings. The molecule has 0 radical (unpaired) electrons. The lowest BCUT2D eigenvalue weighted by atomic mass is 9.98. The van der Waals surface area contributed by atoms with Gasteiger partial charge in [0.15, 0.2) is 5.78 Å². The Hall–Kier alpha value is -1.93. The van der Waals surface area contributed by atoms with Gasteiger partial charge in [-0.15, -0.1) is 0 Å². The first-order valence-corrected chi connectivity index (χ1v) is 6.53. The first kappa shape index (κ1) is 12.1. The second-order valence-corrected chi connectivity index (χ2v) is 4.94. The van der Waals surface area contributed by atoms with E-state index in [-0.39, 0.29) is 18.3 Å². The van der Waals surface area contributed by atoms with Crippen LogP contribution in [0.4, 0.5) is 0 Å². The van der Waals surface area contributed by atoms with E-state index in [1.807, 2.05) is 0 Å². The monoisotopic (exact) mass is 252 g/mol. The van der Waals surface area contributed by atoms with Gasteiger partial charge in [0, 0.05) is 5.92 Å². The summed E-state index contributed by atoms with van der Waals surface area (Å²) in [7, 11) is 0. The SMILES string of the molecule is CC(=O)COCC1c2ccccc2-c2ccccc21. The van der Waals surface area contributed by atoms with Crippen LogP contribution in [-0.4, -0.2) is 19.0 Å². The second-order valence-electron chi connectivity index (χ2n) is 4.94. The van der Waals surface area contributed by atoms with E-state index in [1.165, 1.54) is 22.3 Å². The largest absolute Gasteiger partial charge is 0.373 e. The molecule has 0 fully saturated rings. The number of hydrogen-bond donors (Lipinski definition) is 0. The Balaban J connectivity index is 1.93. The lowest BCUT2D eigenvalue weighted by molar-refractivity contribution is -0.121. The molecule has 0 heterocycles. The van der Waals surface area contributed by atoms with Gasteiger partial charge >= 0.3 is 0 Å². The fraction of sp³-hybridized carbons (Fsp3) is 0.235. The fourth-order valence-corrected chi connectivity index (χ4v) is 2.76. The van der Waals surface area contributed by atoms with Crippen LogP contribution in [-0.2, 0) is 9.53 Å². The Morgan fingerprint density at radius 1 is 1.00 bits per heavy atom. The Morgan fingerprint density at radius 3 is 2.05 bits per heavy atom. The lowest BCUT2D eigenvalue weighted by Gasteiger charge is -2.13. The van der Waals surface area contributed by atoms with E-state index in [0.717, 1.165) is 0 Å². The van der Waals surface area contributed by atoms with Crippen LogP contribution in [0.1, 0.15) is 24.0 Å². The summed E-state index contributed by atoms with van der Waals surface area (Å²) in [5.74, 6) is 0.311. The molecule has 0 aromatic heterocycles. The van der Waals surface area contributed by atoms with Gasteiger partial charge in [-0.05, 0) is 29.2 Å². The van der Waals surface area contributed by atoms with Gasteiger partial charge in [0.25, 0.3) is 0 Å². The molecule has 0 spiro atoms. The molecule has 0 saturated heterocycles. The van der Waals surface area contributed by atoms with Crippen molar-refractivity contribution in [2.75, 3.05) is 13.2 Å². The van der Waals surface area contributed by atoms with Gasteiger partial charge in [-0.1, -0.05) is 48.5 Å². The molecule has 1 aliphatic carbocycles. The Kier molecular flexibility index (Phi) is 3.18. The number of hydrogen-bond acceptors (Lipinski definition) is 2. The van der Waals surface area contributed by atoms with Crippen molar-refractivity contribution in [3.63, 3.8) is 0 Å². The standard InChI is InChI=1S/C17H16O2/c1-12(18)10-19-11-17-15-8-4-2-6-13(15)14-7-3-5-9-16(14)17/h2-9,17H,10-11H2,1H3. The predicted octanol–water partition coefficient (Wildman–Crippen LogP) is 3.40. The van der Waals surface area contributed by atoms with Gasteiger partial charge in [0.05, 0.1) is 6.61 Å². The summed E-state index contributed by atoms with van der Waals surface area (Å²) >= 11 is 0. The van der Waals surface area contributed by atoms with E-state index < -0.39 is 0 Å². The number of fused-ring (bicyclic) bond motifs is 3. The lowest BCUT2D eigenvalue weighted by Crippen LogP contribution is -2.11. The quantitative estimate of drug-likeness (QED) is 0.833. The Bertz CT molecular complexity index is 571. The molecule has 19 heavy (non-hydrogen) atoms. The van der Waals surface area contributed by atoms with Crippen LogP contribution in [0.25, 0.3) is 11.1 Å². The minimum absolute atomic E-state index is 0.0690. The number of Topliss-reactive ketones (excluding diaryl/α,β-unsaturated/α-hetero) is 1.